The van der Waals surface area contributed by atoms with E-state index in [9.17, 15) is 19.2 Å². The highest BCUT2D eigenvalue weighted by atomic mass is 16.6. The molecule has 2 aliphatic rings. The lowest BCUT2D eigenvalue weighted by molar-refractivity contribution is -0.136. The van der Waals surface area contributed by atoms with Crippen LogP contribution in [-0.4, -0.2) is 107 Å². The van der Waals surface area contributed by atoms with E-state index in [1.807, 2.05) is 37.5 Å². The Hall–Kier alpha value is -5.77. The van der Waals surface area contributed by atoms with Crippen molar-refractivity contribution >= 4 is 45.6 Å². The van der Waals surface area contributed by atoms with E-state index in [2.05, 4.69) is 25.9 Å². The topological polar surface area (TPSA) is 173 Å². The summed E-state index contributed by atoms with van der Waals surface area (Å²) in [7, 11) is 2.00. The third-order valence-corrected chi connectivity index (χ3v) is 8.80. The van der Waals surface area contributed by atoms with Crippen LogP contribution in [0.4, 0.5) is 0 Å². The molecule has 15 nitrogen and oxygen atoms in total. The fraction of sp³-hybridized carbons (Fsp3) is 0.324. The van der Waals surface area contributed by atoms with Crippen molar-refractivity contribution in [3.8, 4) is 22.9 Å². The summed E-state index contributed by atoms with van der Waals surface area (Å²) < 4.78 is 30.3. The molecule has 7 rings (SSSR count). The average molecular weight is 709 g/mol. The molecule has 1 unspecified atom stereocenters. The maximum Gasteiger partial charge on any atom is 0.262 e. The average Bonchev–Trinajstić information content (AvgIpc) is 3.58. The van der Waals surface area contributed by atoms with Gasteiger partial charge in [-0.25, -0.2) is 9.97 Å². The van der Waals surface area contributed by atoms with E-state index in [0.717, 1.165) is 38.1 Å². The van der Waals surface area contributed by atoms with E-state index in [0.29, 0.717) is 51.3 Å². The van der Waals surface area contributed by atoms with Crippen molar-refractivity contribution in [3.63, 3.8) is 0 Å². The van der Waals surface area contributed by atoms with Crippen molar-refractivity contribution in [1.29, 1.82) is 0 Å². The first-order chi connectivity index (χ1) is 25.4. The number of carbonyl (C=O) groups excluding carboxylic acids is 4. The number of hydrogen-bond acceptors (Lipinski definition) is 12. The zero-order valence-electron chi connectivity index (χ0n) is 28.4. The molecule has 1 aromatic carbocycles. The highest BCUT2D eigenvalue weighted by Gasteiger charge is 2.44. The molecule has 4 amide bonds. The van der Waals surface area contributed by atoms with Crippen LogP contribution in [0.5, 0.6) is 11.6 Å². The number of aryl methyl sites for hydroxylation is 1. The van der Waals surface area contributed by atoms with Crippen LogP contribution in [0.2, 0.25) is 0 Å². The van der Waals surface area contributed by atoms with E-state index in [1.54, 1.807) is 18.5 Å². The quantitative estimate of drug-likeness (QED) is 0.117. The molecule has 5 aromatic rings. The Balaban J connectivity index is 0.752. The van der Waals surface area contributed by atoms with Gasteiger partial charge in [0.1, 0.15) is 30.7 Å². The fourth-order valence-electron chi connectivity index (χ4n) is 6.23. The largest absolute Gasteiger partial charge is 0.491 e. The summed E-state index contributed by atoms with van der Waals surface area (Å²) in [5, 5.41) is 4.30. The van der Waals surface area contributed by atoms with Gasteiger partial charge in [0.25, 0.3) is 11.8 Å². The first kappa shape index (κ1) is 34.7. The lowest BCUT2D eigenvalue weighted by Crippen LogP contribution is -2.54. The normalized spacial score (nSPS) is 15.8. The molecular weight excluding hydrogens is 672 g/mol. The number of hydrogen-bond donors (Lipinski definition) is 1. The number of ether oxygens (including phenoxy) is 5. The molecule has 52 heavy (non-hydrogen) atoms. The van der Waals surface area contributed by atoms with Gasteiger partial charge >= 0.3 is 0 Å². The van der Waals surface area contributed by atoms with E-state index in [-0.39, 0.29) is 37.2 Å². The number of imide groups is 2. The third kappa shape index (κ3) is 7.32. The summed E-state index contributed by atoms with van der Waals surface area (Å²) in [5.74, 6) is -1.35. The predicted molar refractivity (Wildman–Crippen MR) is 186 cm³/mol. The van der Waals surface area contributed by atoms with Gasteiger partial charge in [-0.1, -0.05) is 0 Å². The van der Waals surface area contributed by atoms with Gasteiger partial charge in [-0.15, -0.1) is 0 Å². The van der Waals surface area contributed by atoms with Gasteiger partial charge in [0.2, 0.25) is 17.7 Å². The minimum Gasteiger partial charge on any atom is -0.491 e. The van der Waals surface area contributed by atoms with Crippen molar-refractivity contribution in [1.82, 2.24) is 29.7 Å². The molecule has 0 spiro atoms. The number of nitrogens with zero attached hydrogens (tertiary/aromatic N) is 5. The van der Waals surface area contributed by atoms with E-state index < -0.39 is 29.7 Å². The summed E-state index contributed by atoms with van der Waals surface area (Å²) in [4.78, 5) is 63.9. The van der Waals surface area contributed by atoms with Crippen LogP contribution >= 0.6 is 0 Å². The molecule has 1 fully saturated rings. The Morgan fingerprint density at radius 1 is 0.769 bits per heavy atom. The molecule has 1 N–H and O–H groups in total. The Bertz CT molecular complexity index is 2150. The number of benzene rings is 1. The molecule has 1 saturated heterocycles. The SMILES string of the molecule is Cn1c2ccncc2c2ccc(-c3ccnc(OCCOCCOCCOCCOc4ccc5c(c4)C(=O)N(C4CCC(=O)NC4=O)C5=O)c3)nc21. The zero-order valence-corrected chi connectivity index (χ0v) is 28.4. The van der Waals surface area contributed by atoms with Crippen molar-refractivity contribution in [2.75, 3.05) is 52.9 Å². The monoisotopic (exact) mass is 708 g/mol. The molecule has 0 radical (unpaired) electrons. The minimum atomic E-state index is -1.02. The van der Waals surface area contributed by atoms with Crippen LogP contribution in [0, 0.1) is 0 Å². The molecule has 6 heterocycles. The maximum absolute atomic E-state index is 13.0. The molecule has 1 atom stereocenters. The van der Waals surface area contributed by atoms with E-state index in [4.69, 9.17) is 28.7 Å². The number of pyridine rings is 3. The van der Waals surface area contributed by atoms with E-state index in [1.165, 1.54) is 12.1 Å². The minimum absolute atomic E-state index is 0.0606. The fourth-order valence-corrected chi connectivity index (χ4v) is 6.23. The van der Waals surface area contributed by atoms with Crippen LogP contribution in [0.1, 0.15) is 33.6 Å². The van der Waals surface area contributed by atoms with Gasteiger partial charge in [0, 0.05) is 54.5 Å². The number of fused-ring (bicyclic) bond motifs is 4. The Kier molecular flexibility index (Phi) is 10.4. The highest BCUT2D eigenvalue weighted by Crippen LogP contribution is 2.31. The van der Waals surface area contributed by atoms with Crippen LogP contribution in [0.3, 0.4) is 0 Å². The van der Waals surface area contributed by atoms with Crippen LogP contribution in [0.15, 0.2) is 67.1 Å². The smallest absolute Gasteiger partial charge is 0.262 e. The summed E-state index contributed by atoms with van der Waals surface area (Å²) in [6.45, 7) is 2.71. The molecule has 0 bridgehead atoms. The number of amides is 4. The summed E-state index contributed by atoms with van der Waals surface area (Å²) in [5.41, 5.74) is 4.02. The molecule has 0 saturated carbocycles. The summed E-state index contributed by atoms with van der Waals surface area (Å²) in [6, 6.07) is 13.3. The van der Waals surface area contributed by atoms with Crippen molar-refractivity contribution in [3.05, 3.63) is 78.2 Å². The second-order valence-corrected chi connectivity index (χ2v) is 12.1. The van der Waals surface area contributed by atoms with Crippen molar-refractivity contribution in [2.24, 2.45) is 7.05 Å². The molecule has 2 aliphatic heterocycles. The van der Waals surface area contributed by atoms with Crippen LogP contribution in [-0.2, 0) is 30.8 Å². The zero-order chi connectivity index (χ0) is 36.0. The molecule has 4 aromatic heterocycles. The Labute approximate surface area is 297 Å². The number of piperidine rings is 1. The van der Waals surface area contributed by atoms with Gasteiger partial charge in [-0.3, -0.25) is 34.4 Å². The molecular formula is C37H36N6O9. The number of nitrogens with one attached hydrogen (secondary N) is 1. The van der Waals surface area contributed by atoms with Crippen LogP contribution in [0.25, 0.3) is 33.2 Å². The highest BCUT2D eigenvalue weighted by molar-refractivity contribution is 6.23. The second kappa shape index (κ2) is 15.6. The van der Waals surface area contributed by atoms with Crippen molar-refractivity contribution in [2.45, 2.75) is 18.9 Å². The number of rotatable bonds is 16. The molecule has 268 valence electrons. The lowest BCUT2D eigenvalue weighted by Gasteiger charge is -2.27. The first-order valence-electron chi connectivity index (χ1n) is 16.9. The second-order valence-electron chi connectivity index (χ2n) is 12.1. The van der Waals surface area contributed by atoms with Crippen molar-refractivity contribution < 1.29 is 42.9 Å². The van der Waals surface area contributed by atoms with Gasteiger partial charge < -0.3 is 28.3 Å². The van der Waals surface area contributed by atoms with Gasteiger partial charge in [0.15, 0.2) is 0 Å². The van der Waals surface area contributed by atoms with Gasteiger partial charge in [-0.2, -0.15) is 0 Å². The predicted octanol–water partition coefficient (Wildman–Crippen LogP) is 3.09. The number of carbonyl (C=O) groups is 4. The van der Waals surface area contributed by atoms with E-state index >= 15 is 0 Å². The Morgan fingerprint density at radius 2 is 1.50 bits per heavy atom. The summed E-state index contributed by atoms with van der Waals surface area (Å²) >= 11 is 0. The molecule has 15 heteroatoms. The third-order valence-electron chi connectivity index (χ3n) is 8.80. The molecule has 0 aliphatic carbocycles. The Morgan fingerprint density at radius 3 is 2.27 bits per heavy atom. The first-order valence-corrected chi connectivity index (χ1v) is 16.9. The van der Waals surface area contributed by atoms with Gasteiger partial charge in [-0.05, 0) is 48.9 Å². The van der Waals surface area contributed by atoms with Gasteiger partial charge in [0.05, 0.1) is 62.0 Å². The standard InChI is InChI=1S/C37H36N6O9/c1-42-30-9-10-38-22-28(30)25-4-5-29(40-34(25)42)23-8-11-39-33(20-23)52-19-17-50-15-13-48-12-14-49-16-18-51-24-2-3-26-27(21-24)37(47)43(36(26)46)31-6-7-32(44)41-35(31)45/h2-5,8-11,20-22,31H,6-7,12-19H2,1H3,(H,41,44,45). The lowest BCUT2D eigenvalue weighted by atomic mass is 10.0. The number of aromatic nitrogens is 4. The van der Waals surface area contributed by atoms with Crippen LogP contribution < -0.4 is 14.8 Å². The summed E-state index contributed by atoms with van der Waals surface area (Å²) in [6.07, 6.45) is 5.50. The maximum atomic E-state index is 13.0.